The summed E-state index contributed by atoms with van der Waals surface area (Å²) in [5.41, 5.74) is 2.64. The maximum Gasteiger partial charge on any atom is 0.260 e. The van der Waals surface area contributed by atoms with Gasteiger partial charge in [-0.05, 0) is 42.0 Å². The van der Waals surface area contributed by atoms with Crippen LogP contribution in [0.2, 0.25) is 0 Å². The minimum absolute atomic E-state index is 0.151. The molecule has 6 nitrogen and oxygen atoms in total. The highest BCUT2D eigenvalue weighted by atomic mass is 32.1. The zero-order valence-corrected chi connectivity index (χ0v) is 18.5. The third-order valence-electron chi connectivity index (χ3n) is 5.83. The number of halogens is 1. The Bertz CT molecular complexity index is 1280. The summed E-state index contributed by atoms with van der Waals surface area (Å²) in [5, 5.41) is 2.48. The van der Waals surface area contributed by atoms with Gasteiger partial charge in [-0.1, -0.05) is 12.1 Å². The number of H-pyrrole nitrogens is 1. The summed E-state index contributed by atoms with van der Waals surface area (Å²) >= 11 is 1.44. The molecule has 5 rings (SSSR count). The van der Waals surface area contributed by atoms with E-state index in [0.717, 1.165) is 43.1 Å². The highest BCUT2D eigenvalue weighted by Crippen LogP contribution is 2.31. The summed E-state index contributed by atoms with van der Waals surface area (Å²) in [7, 11) is 1.67. The Morgan fingerprint density at radius 2 is 1.78 bits per heavy atom. The molecule has 164 valence electrons. The van der Waals surface area contributed by atoms with E-state index in [0.29, 0.717) is 22.6 Å². The van der Waals surface area contributed by atoms with Crippen LogP contribution in [0.1, 0.15) is 5.82 Å². The van der Waals surface area contributed by atoms with Gasteiger partial charge in [-0.2, -0.15) is 0 Å². The van der Waals surface area contributed by atoms with Crippen molar-refractivity contribution in [2.45, 2.75) is 6.54 Å². The first kappa shape index (κ1) is 20.7. The largest absolute Gasteiger partial charge is 0.497 e. The highest BCUT2D eigenvalue weighted by molar-refractivity contribution is 7.17. The summed E-state index contributed by atoms with van der Waals surface area (Å²) in [6.07, 6.45) is 0. The molecule has 1 fully saturated rings. The van der Waals surface area contributed by atoms with Gasteiger partial charge < -0.3 is 14.6 Å². The van der Waals surface area contributed by atoms with Crippen LogP contribution >= 0.6 is 11.3 Å². The number of hydrogen-bond acceptors (Lipinski definition) is 6. The number of anilines is 1. The third kappa shape index (κ3) is 4.11. The number of benzene rings is 2. The van der Waals surface area contributed by atoms with Crippen LogP contribution in [0.25, 0.3) is 21.3 Å². The number of rotatable bonds is 5. The molecule has 8 heteroatoms. The van der Waals surface area contributed by atoms with Crippen LogP contribution in [-0.2, 0) is 6.54 Å². The first-order valence-corrected chi connectivity index (χ1v) is 11.4. The SMILES string of the molecule is COc1ccc(N2CCN(Cc3nc4scc(-c5ccc(F)cc5)c4c(=O)[nH]3)CC2)cc1. The Balaban J connectivity index is 1.29. The van der Waals surface area contributed by atoms with Gasteiger partial charge in [-0.25, -0.2) is 9.37 Å². The van der Waals surface area contributed by atoms with Gasteiger partial charge in [0.05, 0.1) is 19.0 Å². The van der Waals surface area contributed by atoms with E-state index < -0.39 is 0 Å². The standard InChI is InChI=1S/C24H23FN4O2S/c1-31-19-8-6-18(7-9-19)29-12-10-28(11-13-29)14-21-26-23(30)22-20(15-32-24(22)27-21)16-2-4-17(25)5-3-16/h2-9,15H,10-14H2,1H3,(H,26,27,30). The molecule has 2 aromatic carbocycles. The van der Waals surface area contributed by atoms with Gasteiger partial charge in [0.15, 0.2) is 0 Å². The molecule has 32 heavy (non-hydrogen) atoms. The fourth-order valence-corrected chi connectivity index (χ4v) is 5.05. The molecule has 0 aliphatic carbocycles. The van der Waals surface area contributed by atoms with Gasteiger partial charge in [-0.3, -0.25) is 9.69 Å². The smallest absolute Gasteiger partial charge is 0.260 e. The zero-order chi connectivity index (χ0) is 22.1. The Labute approximate surface area is 188 Å². The summed E-state index contributed by atoms with van der Waals surface area (Å²) in [6, 6.07) is 14.3. The quantitative estimate of drug-likeness (QED) is 0.496. The lowest BCUT2D eigenvalue weighted by Gasteiger charge is -2.35. The van der Waals surface area contributed by atoms with Gasteiger partial charge in [-0.15, -0.1) is 11.3 Å². The van der Waals surface area contributed by atoms with Crippen molar-refractivity contribution in [1.29, 1.82) is 0 Å². The van der Waals surface area contributed by atoms with E-state index in [9.17, 15) is 9.18 Å². The molecule has 0 unspecified atom stereocenters. The molecule has 0 radical (unpaired) electrons. The number of hydrogen-bond donors (Lipinski definition) is 1. The Morgan fingerprint density at radius 3 is 2.47 bits per heavy atom. The molecular formula is C24H23FN4O2S. The molecule has 2 aromatic heterocycles. The molecular weight excluding hydrogens is 427 g/mol. The van der Waals surface area contributed by atoms with E-state index in [1.807, 2.05) is 17.5 Å². The highest BCUT2D eigenvalue weighted by Gasteiger charge is 2.19. The zero-order valence-electron chi connectivity index (χ0n) is 17.7. The van der Waals surface area contributed by atoms with Gasteiger partial charge >= 0.3 is 0 Å². The van der Waals surface area contributed by atoms with E-state index in [1.165, 1.54) is 29.2 Å². The van der Waals surface area contributed by atoms with Crippen molar-refractivity contribution in [3.63, 3.8) is 0 Å². The van der Waals surface area contributed by atoms with Gasteiger partial charge in [0.1, 0.15) is 22.2 Å². The summed E-state index contributed by atoms with van der Waals surface area (Å²) in [6.45, 7) is 4.20. The third-order valence-corrected chi connectivity index (χ3v) is 6.70. The molecule has 1 aliphatic heterocycles. The number of methoxy groups -OCH3 is 1. The number of thiophene rings is 1. The van der Waals surface area contributed by atoms with Crippen LogP contribution in [0.4, 0.5) is 10.1 Å². The Morgan fingerprint density at radius 1 is 1.06 bits per heavy atom. The van der Waals surface area contributed by atoms with Crippen LogP contribution in [-0.4, -0.2) is 48.2 Å². The van der Waals surface area contributed by atoms with Crippen molar-refractivity contribution in [1.82, 2.24) is 14.9 Å². The maximum absolute atomic E-state index is 13.3. The predicted molar refractivity (Wildman–Crippen MR) is 126 cm³/mol. The second kappa shape index (κ2) is 8.72. The molecule has 0 amide bonds. The number of ether oxygens (including phenoxy) is 1. The van der Waals surface area contributed by atoms with E-state index in [-0.39, 0.29) is 11.4 Å². The fourth-order valence-electron chi connectivity index (χ4n) is 4.08. The molecule has 0 saturated carbocycles. The van der Waals surface area contributed by atoms with Crippen molar-refractivity contribution in [2.75, 3.05) is 38.2 Å². The second-order valence-electron chi connectivity index (χ2n) is 7.81. The summed E-state index contributed by atoms with van der Waals surface area (Å²) < 4.78 is 18.5. The molecule has 0 spiro atoms. The minimum Gasteiger partial charge on any atom is -0.497 e. The predicted octanol–water partition coefficient (Wildman–Crippen LogP) is 4.12. The van der Waals surface area contributed by atoms with Crippen LogP contribution < -0.4 is 15.2 Å². The number of piperazine rings is 1. The molecule has 1 N–H and O–H groups in total. The number of nitrogens with one attached hydrogen (secondary N) is 1. The number of aromatic amines is 1. The lowest BCUT2D eigenvalue weighted by atomic mass is 10.1. The second-order valence-corrected chi connectivity index (χ2v) is 8.67. The maximum atomic E-state index is 13.3. The average molecular weight is 451 g/mol. The fraction of sp³-hybridized carbons (Fsp3) is 0.250. The van der Waals surface area contributed by atoms with Crippen molar-refractivity contribution in [2.24, 2.45) is 0 Å². The Hall–Kier alpha value is -3.23. The summed E-state index contributed by atoms with van der Waals surface area (Å²) in [4.78, 5) is 25.9. The number of fused-ring (bicyclic) bond motifs is 1. The van der Waals surface area contributed by atoms with Crippen molar-refractivity contribution in [3.05, 3.63) is 75.9 Å². The molecule has 0 bridgehead atoms. The number of aromatic nitrogens is 2. The lowest BCUT2D eigenvalue weighted by Crippen LogP contribution is -2.46. The van der Waals surface area contributed by atoms with Gasteiger partial charge in [0.2, 0.25) is 0 Å². The van der Waals surface area contributed by atoms with Crippen LogP contribution in [0, 0.1) is 5.82 Å². The van der Waals surface area contributed by atoms with Crippen LogP contribution in [0.15, 0.2) is 58.7 Å². The number of nitrogens with zero attached hydrogens (tertiary/aromatic N) is 3. The Kier molecular flexibility index (Phi) is 5.63. The van der Waals surface area contributed by atoms with Gasteiger partial charge in [0, 0.05) is 42.8 Å². The normalized spacial score (nSPS) is 14.8. The monoisotopic (exact) mass is 450 g/mol. The van der Waals surface area contributed by atoms with Gasteiger partial charge in [0.25, 0.3) is 5.56 Å². The van der Waals surface area contributed by atoms with E-state index >= 15 is 0 Å². The summed E-state index contributed by atoms with van der Waals surface area (Å²) in [5.74, 6) is 1.23. The molecule has 1 saturated heterocycles. The lowest BCUT2D eigenvalue weighted by molar-refractivity contribution is 0.244. The topological polar surface area (TPSA) is 61.5 Å². The first-order valence-electron chi connectivity index (χ1n) is 10.5. The van der Waals surface area contributed by atoms with Crippen LogP contribution in [0.5, 0.6) is 5.75 Å². The molecule has 4 aromatic rings. The minimum atomic E-state index is -0.297. The van der Waals surface area contributed by atoms with Crippen LogP contribution in [0.3, 0.4) is 0 Å². The molecule has 0 atom stereocenters. The molecule has 3 heterocycles. The molecule has 1 aliphatic rings. The van der Waals surface area contributed by atoms with E-state index in [1.54, 1.807) is 19.2 Å². The van der Waals surface area contributed by atoms with E-state index in [2.05, 4.69) is 26.9 Å². The van der Waals surface area contributed by atoms with Crippen molar-refractivity contribution >= 4 is 27.2 Å². The van der Waals surface area contributed by atoms with E-state index in [4.69, 9.17) is 9.72 Å². The average Bonchev–Trinajstić information content (AvgIpc) is 3.25. The van der Waals surface area contributed by atoms with Crippen molar-refractivity contribution in [3.8, 4) is 16.9 Å². The van der Waals surface area contributed by atoms with Crippen molar-refractivity contribution < 1.29 is 9.13 Å². The first-order chi connectivity index (χ1) is 15.6.